The van der Waals surface area contributed by atoms with Crippen LogP contribution in [0.25, 0.3) is 0 Å². The highest BCUT2D eigenvalue weighted by Gasteiger charge is 2.15. The summed E-state index contributed by atoms with van der Waals surface area (Å²) in [6.07, 6.45) is 3.35. The first-order chi connectivity index (χ1) is 8.65. The van der Waals surface area contributed by atoms with Crippen molar-refractivity contribution in [1.29, 1.82) is 0 Å². The lowest BCUT2D eigenvalue weighted by Gasteiger charge is -2.28. The molecule has 1 aromatic rings. The van der Waals surface area contributed by atoms with Gasteiger partial charge in [-0.15, -0.1) is 0 Å². The Hall–Kier alpha value is -0.860. The van der Waals surface area contributed by atoms with Gasteiger partial charge in [0.1, 0.15) is 0 Å². The Kier molecular flexibility index (Phi) is 6.99. The summed E-state index contributed by atoms with van der Waals surface area (Å²) >= 11 is 0. The third-order valence-electron chi connectivity index (χ3n) is 3.37. The Labute approximate surface area is 112 Å². The molecule has 1 rings (SSSR count). The average molecular weight is 249 g/mol. The van der Waals surface area contributed by atoms with Crippen LogP contribution in [0.2, 0.25) is 0 Å². The van der Waals surface area contributed by atoms with Gasteiger partial charge in [0.25, 0.3) is 0 Å². The molecule has 0 radical (unpaired) electrons. The molecule has 0 aliphatic heterocycles. The van der Waals surface area contributed by atoms with Crippen molar-refractivity contribution in [1.82, 2.24) is 4.90 Å². The van der Waals surface area contributed by atoms with E-state index in [9.17, 15) is 5.11 Å². The molecule has 0 aliphatic rings. The summed E-state index contributed by atoms with van der Waals surface area (Å²) < 4.78 is 0. The first-order valence-corrected chi connectivity index (χ1v) is 7.12. The summed E-state index contributed by atoms with van der Waals surface area (Å²) in [5, 5.41) is 10.3. The van der Waals surface area contributed by atoms with Crippen molar-refractivity contribution in [2.24, 2.45) is 0 Å². The molecule has 0 aromatic heterocycles. The van der Waals surface area contributed by atoms with Crippen molar-refractivity contribution < 1.29 is 5.11 Å². The smallest absolute Gasteiger partial charge is 0.0917 e. The van der Waals surface area contributed by atoms with Crippen molar-refractivity contribution in [2.75, 3.05) is 13.1 Å². The third-order valence-corrected chi connectivity index (χ3v) is 3.37. The standard InChI is InChI=1S/C16H27NO/c1-4-5-9-12-17(14(2)3)13-16(18)15-10-7-6-8-11-15/h6-8,10-11,14,16,18H,4-5,9,12-13H2,1-3H3. The maximum Gasteiger partial charge on any atom is 0.0917 e. The van der Waals surface area contributed by atoms with E-state index in [2.05, 4.69) is 25.7 Å². The van der Waals surface area contributed by atoms with Gasteiger partial charge in [0.05, 0.1) is 6.10 Å². The zero-order chi connectivity index (χ0) is 13.4. The Morgan fingerprint density at radius 2 is 1.78 bits per heavy atom. The van der Waals surface area contributed by atoms with E-state index in [1.165, 1.54) is 19.3 Å². The van der Waals surface area contributed by atoms with Crippen LogP contribution >= 0.6 is 0 Å². The van der Waals surface area contributed by atoms with E-state index in [0.717, 1.165) is 18.7 Å². The van der Waals surface area contributed by atoms with Crippen molar-refractivity contribution in [3.05, 3.63) is 35.9 Å². The van der Waals surface area contributed by atoms with E-state index in [0.29, 0.717) is 6.04 Å². The minimum atomic E-state index is -0.379. The molecule has 0 bridgehead atoms. The second-order valence-corrected chi connectivity index (χ2v) is 5.22. The molecule has 1 N–H and O–H groups in total. The first kappa shape index (κ1) is 15.2. The highest BCUT2D eigenvalue weighted by Crippen LogP contribution is 2.15. The summed E-state index contributed by atoms with van der Waals surface area (Å²) in [6, 6.07) is 10.4. The van der Waals surface area contributed by atoms with Gasteiger partial charge in [0.2, 0.25) is 0 Å². The maximum absolute atomic E-state index is 10.3. The number of benzene rings is 1. The molecule has 0 spiro atoms. The van der Waals surface area contributed by atoms with Crippen LogP contribution in [0.1, 0.15) is 51.7 Å². The molecular weight excluding hydrogens is 222 g/mol. The molecule has 1 aromatic carbocycles. The molecule has 0 saturated carbocycles. The molecule has 2 heteroatoms. The molecule has 0 fully saturated rings. The minimum Gasteiger partial charge on any atom is -0.387 e. The number of hydrogen-bond donors (Lipinski definition) is 1. The fraction of sp³-hybridized carbons (Fsp3) is 0.625. The Bertz CT molecular complexity index is 310. The van der Waals surface area contributed by atoms with Gasteiger partial charge in [0, 0.05) is 12.6 Å². The molecule has 0 saturated heterocycles. The maximum atomic E-state index is 10.3. The average Bonchev–Trinajstić information content (AvgIpc) is 2.38. The molecule has 0 heterocycles. The molecule has 0 aliphatic carbocycles. The largest absolute Gasteiger partial charge is 0.387 e. The topological polar surface area (TPSA) is 23.5 Å². The van der Waals surface area contributed by atoms with Crippen LogP contribution in [0.15, 0.2) is 30.3 Å². The van der Waals surface area contributed by atoms with Crippen LogP contribution in [0.3, 0.4) is 0 Å². The summed E-state index contributed by atoms with van der Waals surface area (Å²) in [5.74, 6) is 0. The lowest BCUT2D eigenvalue weighted by Crippen LogP contribution is -2.35. The fourth-order valence-electron chi connectivity index (χ4n) is 2.13. The van der Waals surface area contributed by atoms with E-state index >= 15 is 0 Å². The van der Waals surface area contributed by atoms with Crippen LogP contribution < -0.4 is 0 Å². The Morgan fingerprint density at radius 3 is 2.33 bits per heavy atom. The number of aliphatic hydroxyl groups excluding tert-OH is 1. The zero-order valence-corrected chi connectivity index (χ0v) is 12.0. The molecule has 18 heavy (non-hydrogen) atoms. The third kappa shape index (κ3) is 5.19. The van der Waals surface area contributed by atoms with Gasteiger partial charge in [-0.3, -0.25) is 4.90 Å². The molecule has 1 unspecified atom stereocenters. The molecule has 0 amide bonds. The van der Waals surface area contributed by atoms with Gasteiger partial charge >= 0.3 is 0 Å². The number of unbranched alkanes of at least 4 members (excludes halogenated alkanes) is 2. The van der Waals surface area contributed by atoms with Crippen molar-refractivity contribution in [2.45, 2.75) is 52.2 Å². The lowest BCUT2D eigenvalue weighted by molar-refractivity contribution is 0.0942. The van der Waals surface area contributed by atoms with Crippen LogP contribution in [0.4, 0.5) is 0 Å². The van der Waals surface area contributed by atoms with Crippen LogP contribution in [-0.4, -0.2) is 29.1 Å². The van der Waals surface area contributed by atoms with E-state index in [-0.39, 0.29) is 6.10 Å². The fourth-order valence-corrected chi connectivity index (χ4v) is 2.13. The predicted octanol–water partition coefficient (Wildman–Crippen LogP) is 3.62. The molecule has 1 atom stereocenters. The summed E-state index contributed by atoms with van der Waals surface area (Å²) in [4.78, 5) is 2.37. The van der Waals surface area contributed by atoms with Crippen molar-refractivity contribution in [3.8, 4) is 0 Å². The quantitative estimate of drug-likeness (QED) is 0.711. The Morgan fingerprint density at radius 1 is 1.11 bits per heavy atom. The lowest BCUT2D eigenvalue weighted by atomic mass is 10.1. The van der Waals surface area contributed by atoms with Gasteiger partial charge in [-0.1, -0.05) is 50.1 Å². The number of hydrogen-bond acceptors (Lipinski definition) is 2. The van der Waals surface area contributed by atoms with E-state index in [1.807, 2.05) is 30.3 Å². The highest BCUT2D eigenvalue weighted by molar-refractivity contribution is 5.17. The van der Waals surface area contributed by atoms with Gasteiger partial charge in [-0.25, -0.2) is 0 Å². The summed E-state index contributed by atoms with van der Waals surface area (Å²) in [5.41, 5.74) is 1.01. The van der Waals surface area contributed by atoms with Crippen molar-refractivity contribution in [3.63, 3.8) is 0 Å². The molecule has 2 nitrogen and oxygen atoms in total. The van der Waals surface area contributed by atoms with Crippen LogP contribution in [0.5, 0.6) is 0 Å². The second-order valence-electron chi connectivity index (χ2n) is 5.22. The predicted molar refractivity (Wildman–Crippen MR) is 77.6 cm³/mol. The molecular formula is C16H27NO. The molecule has 102 valence electrons. The summed E-state index contributed by atoms with van der Waals surface area (Å²) in [7, 11) is 0. The monoisotopic (exact) mass is 249 g/mol. The normalized spacial score (nSPS) is 13.2. The first-order valence-electron chi connectivity index (χ1n) is 7.12. The van der Waals surface area contributed by atoms with Gasteiger partial charge in [0.15, 0.2) is 0 Å². The van der Waals surface area contributed by atoms with Crippen LogP contribution in [0, 0.1) is 0 Å². The SMILES string of the molecule is CCCCCN(CC(O)c1ccccc1)C(C)C. The Balaban J connectivity index is 2.50. The van der Waals surface area contributed by atoms with E-state index in [4.69, 9.17) is 0 Å². The van der Waals surface area contributed by atoms with E-state index < -0.39 is 0 Å². The van der Waals surface area contributed by atoms with E-state index in [1.54, 1.807) is 0 Å². The minimum absolute atomic E-state index is 0.379. The number of aliphatic hydroxyl groups is 1. The zero-order valence-electron chi connectivity index (χ0n) is 12.0. The second kappa shape index (κ2) is 8.28. The van der Waals surface area contributed by atoms with Gasteiger partial charge < -0.3 is 5.11 Å². The van der Waals surface area contributed by atoms with Gasteiger partial charge in [-0.2, -0.15) is 0 Å². The summed E-state index contributed by atoms with van der Waals surface area (Å²) in [6.45, 7) is 8.42. The van der Waals surface area contributed by atoms with Crippen LogP contribution in [-0.2, 0) is 0 Å². The van der Waals surface area contributed by atoms with Crippen molar-refractivity contribution >= 4 is 0 Å². The van der Waals surface area contributed by atoms with Gasteiger partial charge in [-0.05, 0) is 32.4 Å². The highest BCUT2D eigenvalue weighted by atomic mass is 16.3. The number of nitrogens with zero attached hydrogens (tertiary/aromatic N) is 1. The number of rotatable bonds is 8.